The second kappa shape index (κ2) is 7.60. The molecule has 0 saturated carbocycles. The monoisotopic (exact) mass is 230 g/mol. The van der Waals surface area contributed by atoms with Crippen LogP contribution in [-0.2, 0) is 14.3 Å². The molecule has 5 heteroatoms. The van der Waals surface area contributed by atoms with Crippen LogP contribution in [-0.4, -0.2) is 56.4 Å². The molecule has 0 aliphatic carbocycles. The van der Waals surface area contributed by atoms with Gasteiger partial charge in [-0.1, -0.05) is 0 Å². The molecule has 1 rings (SSSR count). The van der Waals surface area contributed by atoms with Gasteiger partial charge in [0.05, 0.1) is 12.7 Å². The highest BCUT2D eigenvalue weighted by atomic mass is 16.5. The number of amides is 1. The van der Waals surface area contributed by atoms with E-state index < -0.39 is 0 Å². The maximum absolute atomic E-state index is 11.6. The Morgan fingerprint density at radius 3 is 2.69 bits per heavy atom. The predicted octanol–water partition coefficient (Wildman–Crippen LogP) is -0.0108. The van der Waals surface area contributed by atoms with E-state index in [-0.39, 0.29) is 18.6 Å². The highest BCUT2D eigenvalue weighted by Crippen LogP contribution is 2.13. The zero-order valence-corrected chi connectivity index (χ0v) is 9.98. The first-order chi connectivity index (χ1) is 7.77. The van der Waals surface area contributed by atoms with E-state index in [9.17, 15) is 4.79 Å². The number of nitrogens with two attached hydrogens (primary N) is 1. The molecule has 1 aliphatic heterocycles. The summed E-state index contributed by atoms with van der Waals surface area (Å²) in [6.07, 6.45) is 2.06. The minimum absolute atomic E-state index is 0.0825. The Hall–Kier alpha value is -0.650. The number of ether oxygens (including phenoxy) is 2. The first kappa shape index (κ1) is 13.4. The van der Waals surface area contributed by atoms with E-state index in [1.165, 1.54) is 0 Å². The van der Waals surface area contributed by atoms with Gasteiger partial charge in [-0.2, -0.15) is 0 Å². The maximum atomic E-state index is 11.6. The Morgan fingerprint density at radius 1 is 1.44 bits per heavy atom. The summed E-state index contributed by atoms with van der Waals surface area (Å²) in [5.41, 5.74) is 5.37. The van der Waals surface area contributed by atoms with E-state index in [0.717, 1.165) is 25.9 Å². The number of likely N-dealkylation sites (tertiary alicyclic amines) is 1. The van der Waals surface area contributed by atoms with E-state index in [0.29, 0.717) is 19.8 Å². The van der Waals surface area contributed by atoms with Gasteiger partial charge in [-0.25, -0.2) is 0 Å². The molecule has 0 spiro atoms. The number of carbonyl (C=O) groups excluding carboxylic acids is 1. The second-order valence-corrected chi connectivity index (χ2v) is 3.88. The van der Waals surface area contributed by atoms with Gasteiger partial charge in [0.1, 0.15) is 6.61 Å². The van der Waals surface area contributed by atoms with Gasteiger partial charge in [-0.15, -0.1) is 0 Å². The van der Waals surface area contributed by atoms with Gasteiger partial charge in [-0.05, 0) is 19.8 Å². The molecule has 0 atom stereocenters. The summed E-state index contributed by atoms with van der Waals surface area (Å²) in [5.74, 6) is 0.0825. The second-order valence-electron chi connectivity index (χ2n) is 3.88. The van der Waals surface area contributed by atoms with Crippen LogP contribution >= 0.6 is 0 Å². The van der Waals surface area contributed by atoms with Crippen LogP contribution in [0.4, 0.5) is 0 Å². The first-order valence-electron chi connectivity index (χ1n) is 5.95. The van der Waals surface area contributed by atoms with Crippen LogP contribution in [0.3, 0.4) is 0 Å². The highest BCUT2D eigenvalue weighted by Gasteiger charge is 2.22. The number of hydrogen-bond donors (Lipinski definition) is 1. The van der Waals surface area contributed by atoms with Gasteiger partial charge in [0.15, 0.2) is 0 Å². The van der Waals surface area contributed by atoms with Crippen molar-refractivity contribution in [2.45, 2.75) is 25.9 Å². The Balaban J connectivity index is 2.18. The fraction of sp³-hybridized carbons (Fsp3) is 0.909. The average Bonchev–Trinajstić information content (AvgIpc) is 2.34. The molecule has 1 aliphatic rings. The molecule has 0 aromatic rings. The number of carbonyl (C=O) groups is 1. The smallest absolute Gasteiger partial charge is 0.248 e. The van der Waals surface area contributed by atoms with Crippen LogP contribution in [0.1, 0.15) is 19.8 Å². The standard InChI is InChI=1S/C11H22N2O3/c1-2-15-9-11(14)13-6-3-10(4-7-13)16-8-5-12/h10H,2-9,12H2,1H3. The lowest BCUT2D eigenvalue weighted by Crippen LogP contribution is -2.42. The van der Waals surface area contributed by atoms with Crippen LogP contribution in [0.5, 0.6) is 0 Å². The van der Waals surface area contributed by atoms with Crippen molar-refractivity contribution < 1.29 is 14.3 Å². The zero-order valence-electron chi connectivity index (χ0n) is 9.98. The summed E-state index contributed by atoms with van der Waals surface area (Å²) < 4.78 is 10.6. The minimum Gasteiger partial charge on any atom is -0.377 e. The summed E-state index contributed by atoms with van der Waals surface area (Å²) >= 11 is 0. The molecular formula is C11H22N2O3. The number of rotatable bonds is 6. The molecule has 0 unspecified atom stereocenters. The molecule has 1 heterocycles. The van der Waals surface area contributed by atoms with Crippen molar-refractivity contribution in [2.75, 3.05) is 39.5 Å². The Kier molecular flexibility index (Phi) is 6.37. The number of nitrogens with zero attached hydrogens (tertiary/aromatic N) is 1. The van der Waals surface area contributed by atoms with Crippen molar-refractivity contribution in [3.05, 3.63) is 0 Å². The lowest BCUT2D eigenvalue weighted by Gasteiger charge is -2.31. The highest BCUT2D eigenvalue weighted by molar-refractivity contribution is 5.77. The molecule has 2 N–H and O–H groups in total. The third-order valence-electron chi connectivity index (χ3n) is 2.70. The van der Waals surface area contributed by atoms with E-state index in [2.05, 4.69) is 0 Å². The third kappa shape index (κ3) is 4.47. The molecule has 0 bridgehead atoms. The van der Waals surface area contributed by atoms with Crippen molar-refractivity contribution in [2.24, 2.45) is 5.73 Å². The summed E-state index contributed by atoms with van der Waals surface area (Å²) in [6.45, 7) is 5.37. The van der Waals surface area contributed by atoms with Crippen LogP contribution in [0.2, 0.25) is 0 Å². The maximum Gasteiger partial charge on any atom is 0.248 e. The Bertz CT molecular complexity index is 203. The Morgan fingerprint density at radius 2 is 2.12 bits per heavy atom. The van der Waals surface area contributed by atoms with Gasteiger partial charge >= 0.3 is 0 Å². The summed E-state index contributed by atoms with van der Waals surface area (Å²) in [7, 11) is 0. The van der Waals surface area contributed by atoms with E-state index in [1.54, 1.807) is 0 Å². The van der Waals surface area contributed by atoms with Gasteiger partial charge in [0, 0.05) is 26.2 Å². The lowest BCUT2D eigenvalue weighted by molar-refractivity contribution is -0.138. The summed E-state index contributed by atoms with van der Waals surface area (Å²) in [5, 5.41) is 0. The molecule has 16 heavy (non-hydrogen) atoms. The third-order valence-corrected chi connectivity index (χ3v) is 2.70. The van der Waals surface area contributed by atoms with E-state index in [4.69, 9.17) is 15.2 Å². The molecule has 1 amide bonds. The van der Waals surface area contributed by atoms with Gasteiger partial charge < -0.3 is 20.1 Å². The largest absolute Gasteiger partial charge is 0.377 e. The molecule has 5 nitrogen and oxygen atoms in total. The summed E-state index contributed by atoms with van der Waals surface area (Å²) in [4.78, 5) is 13.5. The molecule has 1 fully saturated rings. The van der Waals surface area contributed by atoms with Crippen molar-refractivity contribution in [3.63, 3.8) is 0 Å². The molecular weight excluding hydrogens is 208 g/mol. The van der Waals surface area contributed by atoms with Crippen molar-refractivity contribution in [3.8, 4) is 0 Å². The Labute approximate surface area is 96.9 Å². The molecule has 1 saturated heterocycles. The van der Waals surface area contributed by atoms with Crippen LogP contribution < -0.4 is 5.73 Å². The van der Waals surface area contributed by atoms with Crippen molar-refractivity contribution in [1.29, 1.82) is 0 Å². The molecule has 94 valence electrons. The van der Waals surface area contributed by atoms with Gasteiger partial charge in [-0.3, -0.25) is 4.79 Å². The molecule has 0 aromatic carbocycles. The normalized spacial score (nSPS) is 17.8. The SMILES string of the molecule is CCOCC(=O)N1CCC(OCCN)CC1. The topological polar surface area (TPSA) is 64.8 Å². The van der Waals surface area contributed by atoms with Crippen LogP contribution in [0.25, 0.3) is 0 Å². The molecule has 0 radical (unpaired) electrons. The van der Waals surface area contributed by atoms with Crippen LogP contribution in [0, 0.1) is 0 Å². The van der Waals surface area contributed by atoms with Gasteiger partial charge in [0.25, 0.3) is 0 Å². The zero-order chi connectivity index (χ0) is 11.8. The van der Waals surface area contributed by atoms with Crippen LogP contribution in [0.15, 0.2) is 0 Å². The van der Waals surface area contributed by atoms with E-state index in [1.807, 2.05) is 11.8 Å². The first-order valence-corrected chi connectivity index (χ1v) is 5.95. The van der Waals surface area contributed by atoms with Crippen molar-refractivity contribution in [1.82, 2.24) is 4.90 Å². The number of hydrogen-bond acceptors (Lipinski definition) is 4. The molecule has 0 aromatic heterocycles. The predicted molar refractivity (Wildman–Crippen MR) is 61.1 cm³/mol. The quantitative estimate of drug-likeness (QED) is 0.697. The lowest BCUT2D eigenvalue weighted by atomic mass is 10.1. The fourth-order valence-electron chi connectivity index (χ4n) is 1.79. The minimum atomic E-state index is 0.0825. The average molecular weight is 230 g/mol. The fourth-order valence-corrected chi connectivity index (χ4v) is 1.79. The summed E-state index contributed by atoms with van der Waals surface area (Å²) in [6, 6.07) is 0. The van der Waals surface area contributed by atoms with E-state index >= 15 is 0 Å². The van der Waals surface area contributed by atoms with Crippen molar-refractivity contribution >= 4 is 5.91 Å². The van der Waals surface area contributed by atoms with Gasteiger partial charge in [0.2, 0.25) is 5.91 Å². The number of piperidine rings is 1.